The molecule has 1 aromatic rings. The highest BCUT2D eigenvalue weighted by atomic mass is 32.1. The van der Waals surface area contributed by atoms with Gasteiger partial charge in [0.05, 0.1) is 25.7 Å². The number of ether oxygens (including phenoxy) is 1. The Morgan fingerprint density at radius 1 is 1.67 bits per heavy atom. The lowest BCUT2D eigenvalue weighted by molar-refractivity contribution is -0.138. The number of carboxylic acid groups (broad SMARTS) is 1. The third kappa shape index (κ3) is 2.97. The molecule has 0 bridgehead atoms. The third-order valence-electron chi connectivity index (χ3n) is 2.83. The van der Waals surface area contributed by atoms with E-state index >= 15 is 0 Å². The minimum absolute atomic E-state index is 0.0661. The lowest BCUT2D eigenvalue weighted by Crippen LogP contribution is -2.46. The zero-order valence-corrected chi connectivity index (χ0v) is 11.3. The number of carboxylic acids is 1. The van der Waals surface area contributed by atoms with Gasteiger partial charge in [-0.05, 0) is 0 Å². The Labute approximate surface area is 110 Å². The van der Waals surface area contributed by atoms with Gasteiger partial charge in [0, 0.05) is 24.0 Å². The summed E-state index contributed by atoms with van der Waals surface area (Å²) in [6.45, 7) is 5.79. The Hall–Kier alpha value is -1.21. The van der Waals surface area contributed by atoms with Gasteiger partial charge < -0.3 is 14.7 Å². The first-order valence-electron chi connectivity index (χ1n) is 5.97. The fourth-order valence-electron chi connectivity index (χ4n) is 1.85. The van der Waals surface area contributed by atoms with Gasteiger partial charge in [0.1, 0.15) is 5.82 Å². The van der Waals surface area contributed by atoms with Crippen LogP contribution in [-0.2, 0) is 9.53 Å². The number of carbonyl (C=O) groups is 1. The monoisotopic (exact) mass is 271 g/mol. The number of nitrogens with zero attached hydrogens (tertiary/aromatic N) is 3. The number of morpholine rings is 1. The Bertz CT molecular complexity index is 421. The van der Waals surface area contributed by atoms with Gasteiger partial charge in [-0.25, -0.2) is 4.98 Å². The number of aliphatic carboxylic acids is 1. The van der Waals surface area contributed by atoms with Crippen molar-refractivity contribution in [2.75, 3.05) is 24.7 Å². The van der Waals surface area contributed by atoms with E-state index in [0.717, 1.165) is 11.0 Å². The summed E-state index contributed by atoms with van der Waals surface area (Å²) in [6, 6.07) is -0.149. The first-order valence-corrected chi connectivity index (χ1v) is 6.75. The van der Waals surface area contributed by atoms with Gasteiger partial charge in [-0.15, -0.1) is 0 Å². The molecule has 2 heterocycles. The summed E-state index contributed by atoms with van der Waals surface area (Å²) < 4.78 is 9.65. The maximum absolute atomic E-state index is 10.8. The molecule has 0 aromatic carbocycles. The first kappa shape index (κ1) is 13.2. The predicted molar refractivity (Wildman–Crippen MR) is 68.2 cm³/mol. The van der Waals surface area contributed by atoms with Gasteiger partial charge in [0.15, 0.2) is 0 Å². The molecule has 0 radical (unpaired) electrons. The summed E-state index contributed by atoms with van der Waals surface area (Å²) in [5.41, 5.74) is 0. The molecule has 0 saturated carbocycles. The second kappa shape index (κ2) is 5.62. The lowest BCUT2D eigenvalue weighted by atomic mass is 10.2. The van der Waals surface area contributed by atoms with E-state index in [-0.39, 0.29) is 18.4 Å². The molecule has 1 fully saturated rings. The molecule has 18 heavy (non-hydrogen) atoms. The molecular formula is C11H17N3O3S. The SMILES string of the molecule is CC(C)c1nsc(N2CCOCC2CC(=O)O)n1. The first-order chi connectivity index (χ1) is 8.58. The standard InChI is InChI=1S/C11H17N3O3S/c1-7(2)10-12-11(18-13-10)14-3-4-17-6-8(14)5-9(15)16/h7-8H,3-6H2,1-2H3,(H,15,16). The molecule has 1 aliphatic rings. The van der Waals surface area contributed by atoms with Crippen molar-refractivity contribution in [1.29, 1.82) is 0 Å². The van der Waals surface area contributed by atoms with E-state index in [1.165, 1.54) is 11.5 Å². The smallest absolute Gasteiger partial charge is 0.305 e. The normalized spacial score (nSPS) is 20.4. The van der Waals surface area contributed by atoms with Gasteiger partial charge in [-0.2, -0.15) is 4.37 Å². The third-order valence-corrected chi connectivity index (χ3v) is 3.60. The quantitative estimate of drug-likeness (QED) is 0.890. The van der Waals surface area contributed by atoms with Gasteiger partial charge in [0.2, 0.25) is 5.13 Å². The van der Waals surface area contributed by atoms with Crippen LogP contribution in [-0.4, -0.2) is 46.2 Å². The number of aromatic nitrogens is 2. The number of hydrogen-bond donors (Lipinski definition) is 1. The Balaban J connectivity index is 2.14. The highest BCUT2D eigenvalue weighted by molar-refractivity contribution is 7.09. The largest absolute Gasteiger partial charge is 0.481 e. The Morgan fingerprint density at radius 3 is 3.06 bits per heavy atom. The number of rotatable bonds is 4. The Kier molecular flexibility index (Phi) is 4.13. The fourth-order valence-corrected chi connectivity index (χ4v) is 2.76. The highest BCUT2D eigenvalue weighted by Gasteiger charge is 2.28. The average Bonchev–Trinajstić information content (AvgIpc) is 2.78. The molecule has 1 saturated heterocycles. The summed E-state index contributed by atoms with van der Waals surface area (Å²) in [4.78, 5) is 17.3. The zero-order chi connectivity index (χ0) is 13.1. The van der Waals surface area contributed by atoms with Crippen LogP contribution < -0.4 is 4.90 Å². The molecule has 100 valence electrons. The van der Waals surface area contributed by atoms with Crippen LogP contribution in [0.4, 0.5) is 5.13 Å². The van der Waals surface area contributed by atoms with Gasteiger partial charge >= 0.3 is 5.97 Å². The molecule has 1 aliphatic heterocycles. The van der Waals surface area contributed by atoms with Gasteiger partial charge in [-0.1, -0.05) is 13.8 Å². The number of hydrogen-bond acceptors (Lipinski definition) is 6. The topological polar surface area (TPSA) is 75.6 Å². The van der Waals surface area contributed by atoms with Crippen molar-refractivity contribution in [2.45, 2.75) is 32.2 Å². The molecule has 6 nitrogen and oxygen atoms in total. The van der Waals surface area contributed by atoms with Crippen LogP contribution in [0.5, 0.6) is 0 Å². The molecule has 1 N–H and O–H groups in total. The fraction of sp³-hybridized carbons (Fsp3) is 0.727. The molecular weight excluding hydrogens is 254 g/mol. The maximum atomic E-state index is 10.8. The van der Waals surface area contributed by atoms with Crippen molar-refractivity contribution in [3.05, 3.63) is 5.82 Å². The van der Waals surface area contributed by atoms with Crippen molar-refractivity contribution in [2.24, 2.45) is 0 Å². The minimum Gasteiger partial charge on any atom is -0.481 e. The van der Waals surface area contributed by atoms with E-state index in [0.29, 0.717) is 19.8 Å². The van der Waals surface area contributed by atoms with E-state index in [9.17, 15) is 4.79 Å². The van der Waals surface area contributed by atoms with Crippen LogP contribution >= 0.6 is 11.5 Å². The van der Waals surface area contributed by atoms with Crippen molar-refractivity contribution in [3.63, 3.8) is 0 Å². The van der Waals surface area contributed by atoms with Crippen LogP contribution in [0.3, 0.4) is 0 Å². The summed E-state index contributed by atoms with van der Waals surface area (Å²) >= 11 is 1.33. The maximum Gasteiger partial charge on any atom is 0.305 e. The second-order valence-electron chi connectivity index (χ2n) is 4.61. The summed E-state index contributed by atoms with van der Waals surface area (Å²) in [6.07, 6.45) is 0.0661. The molecule has 1 unspecified atom stereocenters. The van der Waals surface area contributed by atoms with Crippen LogP contribution in [0.15, 0.2) is 0 Å². The van der Waals surface area contributed by atoms with E-state index < -0.39 is 5.97 Å². The van der Waals surface area contributed by atoms with Crippen LogP contribution in [0, 0.1) is 0 Å². The Morgan fingerprint density at radius 2 is 2.44 bits per heavy atom. The second-order valence-corrected chi connectivity index (χ2v) is 5.34. The molecule has 0 aliphatic carbocycles. The van der Waals surface area contributed by atoms with E-state index in [2.05, 4.69) is 9.36 Å². The van der Waals surface area contributed by atoms with Crippen LogP contribution in [0.25, 0.3) is 0 Å². The van der Waals surface area contributed by atoms with Gasteiger partial charge in [-0.3, -0.25) is 4.79 Å². The molecule has 0 spiro atoms. The summed E-state index contributed by atoms with van der Waals surface area (Å²) in [7, 11) is 0. The minimum atomic E-state index is -0.816. The molecule has 1 atom stereocenters. The molecule has 0 amide bonds. The molecule has 7 heteroatoms. The van der Waals surface area contributed by atoms with E-state index in [4.69, 9.17) is 9.84 Å². The van der Waals surface area contributed by atoms with Crippen molar-refractivity contribution >= 4 is 22.6 Å². The van der Waals surface area contributed by atoms with Crippen molar-refractivity contribution in [3.8, 4) is 0 Å². The molecule has 2 rings (SSSR count). The van der Waals surface area contributed by atoms with Crippen molar-refractivity contribution in [1.82, 2.24) is 9.36 Å². The van der Waals surface area contributed by atoms with Crippen LogP contribution in [0.2, 0.25) is 0 Å². The average molecular weight is 271 g/mol. The lowest BCUT2D eigenvalue weighted by Gasteiger charge is -2.34. The van der Waals surface area contributed by atoms with E-state index in [1.807, 2.05) is 18.7 Å². The zero-order valence-electron chi connectivity index (χ0n) is 10.5. The number of anilines is 1. The van der Waals surface area contributed by atoms with Crippen molar-refractivity contribution < 1.29 is 14.6 Å². The summed E-state index contributed by atoms with van der Waals surface area (Å²) in [5, 5.41) is 9.71. The van der Waals surface area contributed by atoms with Gasteiger partial charge in [0.25, 0.3) is 0 Å². The molecule has 1 aromatic heterocycles. The predicted octanol–water partition coefficient (Wildman–Crippen LogP) is 1.34. The summed E-state index contributed by atoms with van der Waals surface area (Å²) in [5.74, 6) is 0.286. The van der Waals surface area contributed by atoms with E-state index in [1.54, 1.807) is 0 Å². The van der Waals surface area contributed by atoms with Crippen LogP contribution in [0.1, 0.15) is 32.0 Å². The highest BCUT2D eigenvalue weighted by Crippen LogP contribution is 2.25.